The number of aryl methyl sites for hydroxylation is 3. The number of likely N-dealkylation sites (tertiary alicyclic amines) is 1. The van der Waals surface area contributed by atoms with Crippen LogP contribution in [0.2, 0.25) is 5.02 Å². The lowest BCUT2D eigenvalue weighted by Crippen LogP contribution is -2.34. The summed E-state index contributed by atoms with van der Waals surface area (Å²) in [5.74, 6) is 0. The number of nitrogens with one attached hydrogen (secondary N) is 1. The van der Waals surface area contributed by atoms with Gasteiger partial charge in [-0.15, -0.1) is 0 Å². The smallest absolute Gasteiger partial charge is 0.0596 e. The normalized spacial score (nSPS) is 16.8. The van der Waals surface area contributed by atoms with Crippen LogP contribution in [0.3, 0.4) is 0 Å². The molecule has 1 N–H and O–H groups in total. The Bertz CT molecular complexity index is 900. The van der Waals surface area contributed by atoms with Gasteiger partial charge < -0.3 is 4.98 Å². The highest BCUT2D eigenvalue weighted by atomic mass is 35.5. The zero-order valence-electron chi connectivity index (χ0n) is 15.1. The molecule has 0 unspecified atom stereocenters. The van der Waals surface area contributed by atoms with Crippen LogP contribution in [0, 0.1) is 20.8 Å². The molecule has 1 aliphatic heterocycles. The SMILES string of the molecule is Cc1cc(C)n(C2CCN(Cc3c(C)[nH]c4ccc(Cl)cc34)CC2)n1. The Kier molecular flexibility index (Phi) is 4.34. The van der Waals surface area contributed by atoms with E-state index in [9.17, 15) is 0 Å². The maximum atomic E-state index is 6.21. The van der Waals surface area contributed by atoms with Gasteiger partial charge in [-0.2, -0.15) is 5.10 Å². The summed E-state index contributed by atoms with van der Waals surface area (Å²) in [6, 6.07) is 8.81. The first-order valence-corrected chi connectivity index (χ1v) is 9.41. The van der Waals surface area contributed by atoms with Crippen molar-refractivity contribution >= 4 is 22.5 Å². The summed E-state index contributed by atoms with van der Waals surface area (Å²) in [5.41, 5.74) is 6.19. The molecule has 1 fully saturated rings. The highest BCUT2D eigenvalue weighted by molar-refractivity contribution is 6.31. The Morgan fingerprint density at radius 1 is 1.16 bits per heavy atom. The number of benzene rings is 1. The van der Waals surface area contributed by atoms with Gasteiger partial charge in [-0.25, -0.2) is 0 Å². The zero-order chi connectivity index (χ0) is 17.6. The third-order valence-electron chi connectivity index (χ3n) is 5.41. The van der Waals surface area contributed by atoms with Crippen LogP contribution in [0.15, 0.2) is 24.3 Å². The molecule has 132 valence electrons. The summed E-state index contributed by atoms with van der Waals surface area (Å²) in [6.07, 6.45) is 2.31. The Balaban J connectivity index is 1.48. The molecule has 1 aliphatic rings. The number of nitrogens with zero attached hydrogens (tertiary/aromatic N) is 3. The highest BCUT2D eigenvalue weighted by Gasteiger charge is 2.23. The predicted octanol–water partition coefficient (Wildman–Crippen LogP) is 4.78. The molecule has 4 nitrogen and oxygen atoms in total. The first kappa shape index (κ1) is 16.7. The predicted molar refractivity (Wildman–Crippen MR) is 103 cm³/mol. The standard InChI is InChI=1S/C20H25ClN4/c1-13-10-14(2)25(23-13)17-6-8-24(9-7-17)12-19-15(3)22-20-5-4-16(21)11-18(19)20/h4-5,10-11,17,22H,6-9,12H2,1-3H3. The van der Waals surface area contributed by atoms with Crippen molar-refractivity contribution in [2.45, 2.75) is 46.2 Å². The number of H-pyrrole nitrogens is 1. The molecule has 4 rings (SSSR count). The number of piperidine rings is 1. The zero-order valence-corrected chi connectivity index (χ0v) is 15.9. The molecule has 3 heterocycles. The lowest BCUT2D eigenvalue weighted by Gasteiger charge is -2.32. The van der Waals surface area contributed by atoms with Crippen molar-refractivity contribution in [3.05, 3.63) is 51.9 Å². The summed E-state index contributed by atoms with van der Waals surface area (Å²) in [7, 11) is 0. The molecule has 0 aliphatic carbocycles. The fourth-order valence-electron chi connectivity index (χ4n) is 4.12. The van der Waals surface area contributed by atoms with Crippen LogP contribution in [0.4, 0.5) is 0 Å². The van der Waals surface area contributed by atoms with Gasteiger partial charge in [0.05, 0.1) is 11.7 Å². The number of fused-ring (bicyclic) bond motifs is 1. The van der Waals surface area contributed by atoms with Crippen molar-refractivity contribution in [3.8, 4) is 0 Å². The molecule has 1 aromatic carbocycles. The van der Waals surface area contributed by atoms with E-state index < -0.39 is 0 Å². The first-order chi connectivity index (χ1) is 12.0. The van der Waals surface area contributed by atoms with Crippen molar-refractivity contribution in [3.63, 3.8) is 0 Å². The monoisotopic (exact) mass is 356 g/mol. The average molecular weight is 357 g/mol. The first-order valence-electron chi connectivity index (χ1n) is 9.03. The molecule has 2 aromatic heterocycles. The van der Waals surface area contributed by atoms with E-state index in [0.29, 0.717) is 6.04 Å². The molecular formula is C20H25ClN4. The number of hydrogen-bond donors (Lipinski definition) is 1. The number of aromatic nitrogens is 3. The van der Waals surface area contributed by atoms with Gasteiger partial charge in [0.1, 0.15) is 0 Å². The van der Waals surface area contributed by atoms with E-state index in [1.165, 1.54) is 27.9 Å². The molecule has 0 amide bonds. The van der Waals surface area contributed by atoms with Crippen molar-refractivity contribution in [1.82, 2.24) is 19.7 Å². The topological polar surface area (TPSA) is 36.9 Å². The van der Waals surface area contributed by atoms with Crippen LogP contribution >= 0.6 is 11.6 Å². The van der Waals surface area contributed by atoms with E-state index in [-0.39, 0.29) is 0 Å². The third kappa shape index (κ3) is 3.21. The van der Waals surface area contributed by atoms with Crippen molar-refractivity contribution < 1.29 is 0 Å². The van der Waals surface area contributed by atoms with Crippen molar-refractivity contribution in [2.75, 3.05) is 13.1 Å². The van der Waals surface area contributed by atoms with Gasteiger partial charge in [0.15, 0.2) is 0 Å². The summed E-state index contributed by atoms with van der Waals surface area (Å²) < 4.78 is 2.23. The summed E-state index contributed by atoms with van der Waals surface area (Å²) in [4.78, 5) is 6.04. The molecule has 1 saturated heterocycles. The molecule has 0 atom stereocenters. The van der Waals surface area contributed by atoms with Gasteiger partial charge >= 0.3 is 0 Å². The second-order valence-electron chi connectivity index (χ2n) is 7.30. The van der Waals surface area contributed by atoms with Crippen molar-refractivity contribution in [2.24, 2.45) is 0 Å². The Morgan fingerprint density at radius 2 is 1.92 bits per heavy atom. The van der Waals surface area contributed by atoms with Gasteiger partial charge in [-0.3, -0.25) is 9.58 Å². The van der Waals surface area contributed by atoms with Crippen molar-refractivity contribution in [1.29, 1.82) is 0 Å². The average Bonchev–Trinajstić information content (AvgIpc) is 3.07. The number of rotatable bonds is 3. The van der Waals surface area contributed by atoms with Crippen LogP contribution in [-0.4, -0.2) is 32.8 Å². The Morgan fingerprint density at radius 3 is 2.60 bits per heavy atom. The number of aromatic amines is 1. The van der Waals surface area contributed by atoms with E-state index in [1.807, 2.05) is 6.07 Å². The van der Waals surface area contributed by atoms with Gasteiger partial charge in [-0.05, 0) is 63.4 Å². The number of halogens is 1. The van der Waals surface area contributed by atoms with Crippen LogP contribution in [0.1, 0.15) is 41.5 Å². The van der Waals surface area contributed by atoms with Crippen LogP contribution < -0.4 is 0 Å². The highest BCUT2D eigenvalue weighted by Crippen LogP contribution is 2.29. The largest absolute Gasteiger partial charge is 0.358 e. The summed E-state index contributed by atoms with van der Waals surface area (Å²) >= 11 is 6.21. The minimum Gasteiger partial charge on any atom is -0.358 e. The van der Waals surface area contributed by atoms with Gasteiger partial charge in [0.2, 0.25) is 0 Å². The second kappa shape index (κ2) is 6.50. The summed E-state index contributed by atoms with van der Waals surface area (Å²) in [5, 5.41) is 6.73. The quantitative estimate of drug-likeness (QED) is 0.733. The minimum atomic E-state index is 0.531. The molecule has 3 aromatic rings. The van der Waals surface area contributed by atoms with E-state index in [1.54, 1.807) is 0 Å². The second-order valence-corrected chi connectivity index (χ2v) is 7.73. The fourth-order valence-corrected chi connectivity index (χ4v) is 4.29. The van der Waals surface area contributed by atoms with Crippen LogP contribution in [0.5, 0.6) is 0 Å². The maximum absolute atomic E-state index is 6.21. The maximum Gasteiger partial charge on any atom is 0.0596 e. The molecule has 25 heavy (non-hydrogen) atoms. The Hall–Kier alpha value is -1.78. The van der Waals surface area contributed by atoms with Gasteiger partial charge in [-0.1, -0.05) is 11.6 Å². The molecule has 0 radical (unpaired) electrons. The Labute approximate surface area is 153 Å². The lowest BCUT2D eigenvalue weighted by molar-refractivity contribution is 0.172. The van der Waals surface area contributed by atoms with E-state index in [4.69, 9.17) is 11.6 Å². The lowest BCUT2D eigenvalue weighted by atomic mass is 10.0. The van der Waals surface area contributed by atoms with Gasteiger partial charge in [0.25, 0.3) is 0 Å². The van der Waals surface area contributed by atoms with E-state index in [2.05, 4.69) is 58.6 Å². The summed E-state index contributed by atoms with van der Waals surface area (Å²) in [6.45, 7) is 9.59. The molecule has 0 spiro atoms. The van der Waals surface area contributed by atoms with E-state index in [0.717, 1.165) is 43.2 Å². The van der Waals surface area contributed by atoms with E-state index >= 15 is 0 Å². The third-order valence-corrected chi connectivity index (χ3v) is 5.65. The van der Waals surface area contributed by atoms with Gasteiger partial charge in [0, 0.05) is 46.9 Å². The minimum absolute atomic E-state index is 0.531. The fraction of sp³-hybridized carbons (Fsp3) is 0.450. The van der Waals surface area contributed by atoms with Crippen LogP contribution in [-0.2, 0) is 6.54 Å². The molecular weight excluding hydrogens is 332 g/mol. The molecule has 0 bridgehead atoms. The number of hydrogen-bond acceptors (Lipinski definition) is 2. The molecule has 0 saturated carbocycles. The molecule has 5 heteroatoms. The van der Waals surface area contributed by atoms with Crippen LogP contribution in [0.25, 0.3) is 10.9 Å².